The van der Waals surface area contributed by atoms with Crippen LogP contribution in [0.15, 0.2) is 88.4 Å². The monoisotopic (exact) mass is 921 g/mol. The van der Waals surface area contributed by atoms with Crippen LogP contribution in [0, 0.1) is 22.8 Å². The molecule has 6 aromatic rings. The molecular weight excluding hydrogens is 863 g/mol. The second-order valence-electron chi connectivity index (χ2n) is 16.6. The third-order valence-electron chi connectivity index (χ3n) is 11.4. The van der Waals surface area contributed by atoms with Crippen LogP contribution in [-0.4, -0.2) is 15.9 Å². The van der Waals surface area contributed by atoms with Crippen molar-refractivity contribution in [2.45, 2.75) is 114 Å². The number of hydrogen-bond acceptors (Lipinski definition) is 5. The number of thiophene rings is 1. The van der Waals surface area contributed by atoms with Gasteiger partial charge < -0.3 is 9.52 Å². The molecule has 0 aliphatic heterocycles. The molecule has 0 spiro atoms. The molecule has 4 nitrogen and oxygen atoms in total. The Kier molecular flexibility index (Phi) is 14.0. The van der Waals surface area contributed by atoms with E-state index in [1.807, 2.05) is 41.5 Å². The van der Waals surface area contributed by atoms with Gasteiger partial charge in [0.1, 0.15) is 17.1 Å². The second kappa shape index (κ2) is 17.5. The Hall–Kier alpha value is -3.57. The van der Waals surface area contributed by atoms with E-state index in [0.717, 1.165) is 71.0 Å². The summed E-state index contributed by atoms with van der Waals surface area (Å²) in [4.78, 5) is 17.3. The van der Waals surface area contributed by atoms with Crippen molar-refractivity contribution < 1.29 is 34.4 Å². The zero-order valence-corrected chi connectivity index (χ0v) is 37.3. The van der Waals surface area contributed by atoms with Gasteiger partial charge in [0.15, 0.2) is 5.78 Å². The average Bonchev–Trinajstić information content (AvgIpc) is 3.79. The van der Waals surface area contributed by atoms with Crippen molar-refractivity contribution in [2.24, 2.45) is 16.7 Å². The average molecular weight is 921 g/mol. The maximum absolute atomic E-state index is 12.2. The number of fused-ring (bicyclic) bond motifs is 3. The minimum atomic E-state index is -0.337. The summed E-state index contributed by atoms with van der Waals surface area (Å²) < 4.78 is 7.32. The molecule has 0 saturated heterocycles. The Bertz CT molecular complexity index is 2240. The van der Waals surface area contributed by atoms with Gasteiger partial charge in [-0.15, -0.1) is 40.5 Å². The number of rotatable bonds is 11. The normalized spacial score (nSPS) is 12.6. The summed E-state index contributed by atoms with van der Waals surface area (Å²) in [7, 11) is 0. The Balaban J connectivity index is 0.000000309. The molecule has 54 heavy (non-hydrogen) atoms. The first-order valence-electron chi connectivity index (χ1n) is 19.4. The van der Waals surface area contributed by atoms with Gasteiger partial charge in [-0.1, -0.05) is 117 Å². The van der Waals surface area contributed by atoms with Gasteiger partial charge in [0.25, 0.3) is 0 Å². The van der Waals surface area contributed by atoms with Crippen molar-refractivity contribution in [2.75, 3.05) is 0 Å². The van der Waals surface area contributed by atoms with Crippen molar-refractivity contribution in [3.05, 3.63) is 101 Å². The van der Waals surface area contributed by atoms with E-state index in [-0.39, 0.29) is 47.9 Å². The Morgan fingerprint density at radius 3 is 2.19 bits per heavy atom. The number of nitrogens with zero attached hydrogens (tertiary/aromatic N) is 1. The standard InChI is InChI=1S/C33H30NOS.C15H28O2.Ir/c1-20(2)14-25-17-24-16-22(10-11-31(24)35-25)27-19-30(34-29-12-13-36-32(27)29)23-15-21-8-6-7-9-26(21)28(18-23)33(3,4)5;1-7-14(5,8-2)12(16)11-13(17)15(6,9-3)10-4;/h6-13,16-20H,14H2,1-5H3;11,16H,7-10H2,1-6H3;/q-1;;/b;12-11-;. The van der Waals surface area contributed by atoms with Crippen molar-refractivity contribution in [1.29, 1.82) is 0 Å². The van der Waals surface area contributed by atoms with Crippen LogP contribution in [0.5, 0.6) is 0 Å². The maximum atomic E-state index is 12.2. The smallest absolute Gasteiger partial charge is 0.164 e. The van der Waals surface area contributed by atoms with Gasteiger partial charge in [0.05, 0.1) is 10.2 Å². The largest absolute Gasteiger partial charge is 0.512 e. The fourth-order valence-corrected chi connectivity index (χ4v) is 7.62. The van der Waals surface area contributed by atoms with E-state index in [1.54, 1.807) is 11.3 Å². The Morgan fingerprint density at radius 2 is 1.56 bits per heavy atom. The van der Waals surface area contributed by atoms with Crippen LogP contribution >= 0.6 is 11.3 Å². The van der Waals surface area contributed by atoms with E-state index in [1.165, 1.54) is 32.9 Å². The van der Waals surface area contributed by atoms with E-state index in [0.29, 0.717) is 5.92 Å². The predicted molar refractivity (Wildman–Crippen MR) is 227 cm³/mol. The third-order valence-corrected chi connectivity index (χ3v) is 12.3. The number of aliphatic hydroxyl groups is 1. The van der Waals surface area contributed by atoms with Crippen molar-refractivity contribution in [3.63, 3.8) is 0 Å². The van der Waals surface area contributed by atoms with Crippen molar-refractivity contribution >= 4 is 49.1 Å². The van der Waals surface area contributed by atoms with Crippen LogP contribution in [0.25, 0.3) is 54.3 Å². The van der Waals surface area contributed by atoms with Crippen molar-refractivity contribution in [1.82, 2.24) is 4.98 Å². The number of pyridine rings is 1. The summed E-state index contributed by atoms with van der Waals surface area (Å²) >= 11 is 1.75. The van der Waals surface area contributed by atoms with Gasteiger partial charge in [-0.2, -0.15) is 0 Å². The number of benzene rings is 3. The van der Waals surface area contributed by atoms with Crippen LogP contribution in [0.2, 0.25) is 0 Å². The predicted octanol–water partition coefficient (Wildman–Crippen LogP) is 14.5. The second-order valence-corrected chi connectivity index (χ2v) is 17.5. The number of furan rings is 1. The summed E-state index contributed by atoms with van der Waals surface area (Å²) in [5, 5.41) is 15.8. The van der Waals surface area contributed by atoms with Gasteiger partial charge in [-0.05, 0) is 77.8 Å². The molecule has 6 rings (SSSR count). The van der Waals surface area contributed by atoms with E-state index in [4.69, 9.17) is 9.40 Å². The van der Waals surface area contributed by atoms with E-state index in [2.05, 4.69) is 113 Å². The van der Waals surface area contributed by atoms with Gasteiger partial charge in [0, 0.05) is 54.5 Å². The number of aromatic nitrogens is 1. The number of aliphatic hydroxyl groups excluding tert-OH is 1. The molecule has 289 valence electrons. The molecule has 3 heterocycles. The molecule has 0 atom stereocenters. The molecular formula is C48H58IrNO3S-. The zero-order chi connectivity index (χ0) is 38.7. The molecule has 1 radical (unpaired) electrons. The zero-order valence-electron chi connectivity index (χ0n) is 34.1. The Labute approximate surface area is 340 Å². The first-order chi connectivity index (χ1) is 25.0. The summed E-state index contributed by atoms with van der Waals surface area (Å²) in [5.74, 6) is 1.90. The molecule has 3 aromatic heterocycles. The maximum Gasteiger partial charge on any atom is 0.164 e. The van der Waals surface area contributed by atoms with E-state index >= 15 is 0 Å². The van der Waals surface area contributed by atoms with Gasteiger partial charge >= 0.3 is 0 Å². The van der Waals surface area contributed by atoms with Gasteiger partial charge in [-0.25, -0.2) is 0 Å². The summed E-state index contributed by atoms with van der Waals surface area (Å²) in [6.45, 7) is 23.3. The molecule has 6 heteroatoms. The number of ketones is 1. The third kappa shape index (κ3) is 9.27. The first-order valence-corrected chi connectivity index (χ1v) is 20.3. The van der Waals surface area contributed by atoms with E-state index < -0.39 is 0 Å². The molecule has 0 bridgehead atoms. The van der Waals surface area contributed by atoms with Crippen LogP contribution in [0.3, 0.4) is 0 Å². The van der Waals surface area contributed by atoms with Crippen LogP contribution in [0.1, 0.15) is 113 Å². The number of carbonyl (C=O) groups excluding carboxylic acids is 1. The first kappa shape index (κ1) is 43.2. The van der Waals surface area contributed by atoms with E-state index in [9.17, 15) is 9.90 Å². The minimum Gasteiger partial charge on any atom is -0.512 e. The minimum absolute atomic E-state index is 0. The quantitative estimate of drug-likeness (QED) is 0.0799. The van der Waals surface area contributed by atoms with Gasteiger partial charge in [-0.3, -0.25) is 9.78 Å². The molecule has 1 N–H and O–H groups in total. The summed E-state index contributed by atoms with van der Waals surface area (Å²) in [6, 6.07) is 27.6. The van der Waals surface area contributed by atoms with Gasteiger partial charge in [0.2, 0.25) is 0 Å². The molecule has 0 unspecified atom stereocenters. The molecule has 0 aliphatic carbocycles. The topological polar surface area (TPSA) is 63.3 Å². The number of hydrogen-bond donors (Lipinski definition) is 1. The summed E-state index contributed by atoms with van der Waals surface area (Å²) in [5.41, 5.74) is 7.09. The molecule has 0 fully saturated rings. The molecule has 0 saturated carbocycles. The Morgan fingerprint density at radius 1 is 0.889 bits per heavy atom. The van der Waals surface area contributed by atoms with Crippen LogP contribution < -0.4 is 0 Å². The summed E-state index contributed by atoms with van der Waals surface area (Å²) in [6.07, 6.45) is 5.71. The fourth-order valence-electron chi connectivity index (χ4n) is 6.75. The molecule has 3 aromatic carbocycles. The van der Waals surface area contributed by atoms with Crippen LogP contribution in [0.4, 0.5) is 0 Å². The SMILES string of the molecule is CC(C)Cc1cc2cc(-c3cc(-c4[c-]c5ccccc5c(C(C)(C)C)c4)nc4ccsc34)ccc2o1.CCC(C)(CC)C(=O)/C=C(\O)C(C)(CC)CC.[Ir]. The fraction of sp³-hybridized carbons (Fsp3) is 0.417. The number of allylic oxidation sites excluding steroid dienone is 2. The number of carbonyl (C=O) groups is 1. The molecule has 0 amide bonds. The van der Waals surface area contributed by atoms with Crippen molar-refractivity contribution in [3.8, 4) is 22.4 Å². The molecule has 0 aliphatic rings. The van der Waals surface area contributed by atoms with Crippen LogP contribution in [-0.2, 0) is 36.7 Å².